The number of halogens is 6. The number of carbonyl (C=O) groups excluding carboxylic acids is 2. The third kappa shape index (κ3) is 5.61. The Bertz CT molecular complexity index is 205. The molecule has 0 unspecified atom stereocenters. The van der Waals surface area contributed by atoms with Gasteiger partial charge in [-0.25, -0.2) is 0 Å². The van der Waals surface area contributed by atoms with Crippen LogP contribution in [0, 0.1) is 0 Å². The molecular formula is C5H2F6NaO2. The maximum atomic E-state index is 11.3. The largest absolute Gasteiger partial charge is 0.450 e. The van der Waals surface area contributed by atoms with Gasteiger partial charge in [-0.15, -0.1) is 0 Å². The molecule has 0 N–H and O–H groups in total. The van der Waals surface area contributed by atoms with Gasteiger partial charge in [0.25, 0.3) is 0 Å². The molecule has 0 aliphatic rings. The molecule has 0 spiro atoms. The fourth-order valence-electron chi connectivity index (χ4n) is 0.346. The van der Waals surface area contributed by atoms with Crippen LogP contribution in [0.4, 0.5) is 26.3 Å². The Labute approximate surface area is 95.9 Å². The second kappa shape index (κ2) is 5.13. The first kappa shape index (κ1) is 16.4. The number of carbonyl (C=O) groups is 2. The number of rotatable bonds is 2. The van der Waals surface area contributed by atoms with Crippen LogP contribution < -0.4 is 0 Å². The van der Waals surface area contributed by atoms with Crippen LogP contribution in [0.15, 0.2) is 0 Å². The second-order valence-corrected chi connectivity index (χ2v) is 2.02. The zero-order valence-electron chi connectivity index (χ0n) is 6.79. The third-order valence-electron chi connectivity index (χ3n) is 0.953. The summed E-state index contributed by atoms with van der Waals surface area (Å²) in [4.78, 5) is 19.8. The van der Waals surface area contributed by atoms with Crippen LogP contribution in [0.5, 0.6) is 0 Å². The minimum atomic E-state index is -5.40. The maximum absolute atomic E-state index is 11.3. The standard InChI is InChI=1S/C5H2F6O2.Na/c6-4(7,8)2(12)1-3(13)5(9,10)11;/h1H2;. The van der Waals surface area contributed by atoms with Crippen molar-refractivity contribution in [2.75, 3.05) is 0 Å². The van der Waals surface area contributed by atoms with Gasteiger partial charge in [0, 0.05) is 29.6 Å². The van der Waals surface area contributed by atoms with E-state index in [-0.39, 0.29) is 29.6 Å². The van der Waals surface area contributed by atoms with Crippen molar-refractivity contribution < 1.29 is 35.9 Å². The Kier molecular flexibility index (Phi) is 5.99. The summed E-state index contributed by atoms with van der Waals surface area (Å²) in [7, 11) is 0. The van der Waals surface area contributed by atoms with E-state index in [9.17, 15) is 35.9 Å². The predicted molar refractivity (Wildman–Crippen MR) is 32.5 cm³/mol. The third-order valence-corrected chi connectivity index (χ3v) is 0.953. The van der Waals surface area contributed by atoms with Crippen molar-refractivity contribution in [3.8, 4) is 0 Å². The SMILES string of the molecule is O=C(CC(=O)C(F)(F)F)C(F)(F)F.[Na]. The average molecular weight is 231 g/mol. The molecule has 0 heterocycles. The van der Waals surface area contributed by atoms with Gasteiger partial charge in [0.15, 0.2) is 0 Å². The Morgan fingerprint density at radius 2 is 1.00 bits per heavy atom. The van der Waals surface area contributed by atoms with Crippen LogP contribution in [0.1, 0.15) is 6.42 Å². The molecule has 14 heavy (non-hydrogen) atoms. The minimum absolute atomic E-state index is 0. The van der Waals surface area contributed by atoms with Crippen molar-refractivity contribution in [1.82, 2.24) is 0 Å². The first-order valence-electron chi connectivity index (χ1n) is 2.75. The van der Waals surface area contributed by atoms with Crippen molar-refractivity contribution in [1.29, 1.82) is 0 Å². The summed E-state index contributed by atoms with van der Waals surface area (Å²) in [5, 5.41) is 0. The molecule has 0 saturated heterocycles. The first-order valence-corrected chi connectivity index (χ1v) is 2.75. The van der Waals surface area contributed by atoms with E-state index in [1.165, 1.54) is 0 Å². The summed E-state index contributed by atoms with van der Waals surface area (Å²) in [6.45, 7) is 0. The molecule has 0 aromatic carbocycles. The molecule has 0 saturated carbocycles. The first-order chi connectivity index (χ1) is 5.55. The molecule has 0 aliphatic heterocycles. The predicted octanol–water partition coefficient (Wildman–Crippen LogP) is 1.26. The zero-order chi connectivity index (χ0) is 10.9. The van der Waals surface area contributed by atoms with Gasteiger partial charge in [-0.1, -0.05) is 0 Å². The van der Waals surface area contributed by atoms with Gasteiger partial charge in [0.05, 0.1) is 6.42 Å². The van der Waals surface area contributed by atoms with E-state index in [0.29, 0.717) is 0 Å². The molecule has 0 fully saturated rings. The molecule has 0 aromatic heterocycles. The van der Waals surface area contributed by atoms with Gasteiger partial charge in [0.2, 0.25) is 11.6 Å². The molecule has 0 aliphatic carbocycles. The fourth-order valence-corrected chi connectivity index (χ4v) is 0.346. The van der Waals surface area contributed by atoms with E-state index < -0.39 is 30.3 Å². The molecule has 1 radical (unpaired) electrons. The topological polar surface area (TPSA) is 34.1 Å². The summed E-state index contributed by atoms with van der Waals surface area (Å²) in [5.74, 6) is -5.40. The smallest absolute Gasteiger partial charge is 0.289 e. The van der Waals surface area contributed by atoms with E-state index >= 15 is 0 Å². The molecule has 0 amide bonds. The van der Waals surface area contributed by atoms with Gasteiger partial charge in [-0.05, 0) is 0 Å². The van der Waals surface area contributed by atoms with Crippen molar-refractivity contribution >= 4 is 41.1 Å². The van der Waals surface area contributed by atoms with E-state index in [1.54, 1.807) is 0 Å². The minimum Gasteiger partial charge on any atom is -0.289 e. The monoisotopic (exact) mass is 231 g/mol. The quantitative estimate of drug-likeness (QED) is 0.407. The number of ketones is 2. The van der Waals surface area contributed by atoms with Crippen LogP contribution in [0.25, 0.3) is 0 Å². The van der Waals surface area contributed by atoms with Crippen LogP contribution in [-0.2, 0) is 9.59 Å². The van der Waals surface area contributed by atoms with E-state index in [0.717, 1.165) is 0 Å². The molecule has 0 aromatic rings. The number of Topliss-reactive ketones (excluding diaryl/α,β-unsaturated/α-hetero) is 2. The Balaban J connectivity index is 0. The molecule has 0 atom stereocenters. The summed E-state index contributed by atoms with van der Waals surface area (Å²) in [6, 6.07) is 0. The molecular weight excluding hydrogens is 229 g/mol. The van der Waals surface area contributed by atoms with Crippen molar-refractivity contribution in [2.45, 2.75) is 18.8 Å². The van der Waals surface area contributed by atoms with Gasteiger partial charge in [-0.2, -0.15) is 26.3 Å². The van der Waals surface area contributed by atoms with Crippen LogP contribution in [-0.4, -0.2) is 53.5 Å². The van der Waals surface area contributed by atoms with Crippen LogP contribution >= 0.6 is 0 Å². The Morgan fingerprint density at radius 1 is 0.786 bits per heavy atom. The van der Waals surface area contributed by atoms with Gasteiger partial charge in [0.1, 0.15) is 0 Å². The Hall–Kier alpha value is -0.0800. The normalized spacial score (nSPS) is 11.9. The molecule has 0 rings (SSSR count). The number of alkyl halides is 6. The van der Waals surface area contributed by atoms with Crippen molar-refractivity contribution in [3.63, 3.8) is 0 Å². The number of hydrogen-bond donors (Lipinski definition) is 0. The van der Waals surface area contributed by atoms with E-state index in [2.05, 4.69) is 0 Å². The molecule has 2 nitrogen and oxygen atoms in total. The van der Waals surface area contributed by atoms with Gasteiger partial charge < -0.3 is 0 Å². The Morgan fingerprint density at radius 3 is 1.14 bits per heavy atom. The van der Waals surface area contributed by atoms with Crippen molar-refractivity contribution in [2.24, 2.45) is 0 Å². The van der Waals surface area contributed by atoms with E-state index in [4.69, 9.17) is 0 Å². The number of hydrogen-bond acceptors (Lipinski definition) is 2. The second-order valence-electron chi connectivity index (χ2n) is 2.02. The average Bonchev–Trinajstić information content (AvgIpc) is 1.82. The zero-order valence-corrected chi connectivity index (χ0v) is 8.79. The summed E-state index contributed by atoms with van der Waals surface area (Å²) in [5.41, 5.74) is 0. The molecule has 0 bridgehead atoms. The summed E-state index contributed by atoms with van der Waals surface area (Å²) in [6.07, 6.45) is -13.0. The molecule has 9 heteroatoms. The fraction of sp³-hybridized carbons (Fsp3) is 0.600. The maximum Gasteiger partial charge on any atom is 0.450 e. The summed E-state index contributed by atoms with van der Waals surface area (Å²) >= 11 is 0. The van der Waals surface area contributed by atoms with Crippen LogP contribution in [0.2, 0.25) is 0 Å². The summed E-state index contributed by atoms with van der Waals surface area (Å²) < 4.78 is 68.0. The van der Waals surface area contributed by atoms with E-state index in [1.807, 2.05) is 0 Å². The van der Waals surface area contributed by atoms with Crippen molar-refractivity contribution in [3.05, 3.63) is 0 Å². The molecule has 77 valence electrons. The van der Waals surface area contributed by atoms with Crippen LogP contribution in [0.3, 0.4) is 0 Å². The van der Waals surface area contributed by atoms with Gasteiger partial charge in [-0.3, -0.25) is 9.59 Å². The van der Waals surface area contributed by atoms with Gasteiger partial charge >= 0.3 is 12.4 Å².